The predicted octanol–water partition coefficient (Wildman–Crippen LogP) is 2.76. The molecule has 0 amide bonds. The number of halogens is 1. The lowest BCUT2D eigenvalue weighted by Crippen LogP contribution is -1.96. The number of H-pyrrole nitrogens is 1. The molecule has 5 heteroatoms. The molecule has 0 atom stereocenters. The van der Waals surface area contributed by atoms with E-state index in [1.807, 2.05) is 18.2 Å². The molecular formula is C11H11BrN2O2. The fourth-order valence-corrected chi connectivity index (χ4v) is 1.72. The summed E-state index contributed by atoms with van der Waals surface area (Å²) >= 11 is 3.47. The van der Waals surface area contributed by atoms with Gasteiger partial charge in [-0.3, -0.25) is 5.10 Å². The van der Waals surface area contributed by atoms with Crippen molar-refractivity contribution in [3.63, 3.8) is 0 Å². The second-order valence-corrected chi connectivity index (χ2v) is 4.03. The second-order valence-electron chi connectivity index (χ2n) is 3.18. The van der Waals surface area contributed by atoms with Gasteiger partial charge in [-0.1, -0.05) is 22.0 Å². The first-order valence-corrected chi connectivity index (χ1v) is 5.53. The van der Waals surface area contributed by atoms with E-state index in [4.69, 9.17) is 9.47 Å². The van der Waals surface area contributed by atoms with Crippen LogP contribution in [0.15, 0.2) is 35.1 Å². The molecule has 0 aliphatic rings. The van der Waals surface area contributed by atoms with Crippen molar-refractivity contribution in [2.75, 3.05) is 7.11 Å². The number of ether oxygens (including phenoxy) is 2. The molecule has 0 bridgehead atoms. The summed E-state index contributed by atoms with van der Waals surface area (Å²) in [4.78, 5) is 0. The fraction of sp³-hybridized carbons (Fsp3) is 0.182. The minimum absolute atomic E-state index is 0.490. The molecule has 16 heavy (non-hydrogen) atoms. The Morgan fingerprint density at radius 1 is 1.38 bits per heavy atom. The van der Waals surface area contributed by atoms with Gasteiger partial charge in [-0.2, -0.15) is 5.10 Å². The van der Waals surface area contributed by atoms with Crippen LogP contribution >= 0.6 is 15.9 Å². The summed E-state index contributed by atoms with van der Waals surface area (Å²) < 4.78 is 11.6. The van der Waals surface area contributed by atoms with Crippen molar-refractivity contribution in [2.45, 2.75) is 6.61 Å². The van der Waals surface area contributed by atoms with E-state index < -0.39 is 0 Å². The molecule has 1 aromatic heterocycles. The number of hydrogen-bond acceptors (Lipinski definition) is 3. The molecule has 0 saturated carbocycles. The summed E-state index contributed by atoms with van der Waals surface area (Å²) in [5.74, 6) is 1.54. The van der Waals surface area contributed by atoms with Crippen LogP contribution in [0.5, 0.6) is 11.5 Å². The first-order chi connectivity index (χ1) is 7.79. The summed E-state index contributed by atoms with van der Waals surface area (Å²) in [6, 6.07) is 5.77. The van der Waals surface area contributed by atoms with Gasteiger partial charge in [-0.15, -0.1) is 0 Å². The van der Waals surface area contributed by atoms with Crippen LogP contribution in [0.25, 0.3) is 0 Å². The maximum absolute atomic E-state index is 5.52. The molecule has 0 saturated heterocycles. The lowest BCUT2D eigenvalue weighted by molar-refractivity contribution is 0.305. The predicted molar refractivity (Wildman–Crippen MR) is 63.6 cm³/mol. The number of hydrogen-bond donors (Lipinski definition) is 1. The summed E-state index contributed by atoms with van der Waals surface area (Å²) in [6.07, 6.45) is 3.34. The van der Waals surface area contributed by atoms with Gasteiger partial charge in [0.2, 0.25) is 0 Å². The van der Waals surface area contributed by atoms with Crippen molar-refractivity contribution >= 4 is 15.9 Å². The Balaban J connectivity index is 2.04. The first kappa shape index (κ1) is 11.0. The Labute approximate surface area is 102 Å². The molecule has 0 spiro atoms. The molecule has 4 nitrogen and oxygen atoms in total. The molecule has 0 radical (unpaired) electrons. The van der Waals surface area contributed by atoms with Crippen LogP contribution in [-0.2, 0) is 6.61 Å². The van der Waals surface area contributed by atoms with E-state index in [2.05, 4.69) is 26.1 Å². The van der Waals surface area contributed by atoms with Crippen molar-refractivity contribution in [2.24, 2.45) is 0 Å². The van der Waals surface area contributed by atoms with Crippen LogP contribution in [0, 0.1) is 0 Å². The Bertz CT molecular complexity index is 457. The van der Waals surface area contributed by atoms with Crippen molar-refractivity contribution in [3.05, 3.63) is 40.6 Å². The molecule has 84 valence electrons. The van der Waals surface area contributed by atoms with Gasteiger partial charge in [0, 0.05) is 10.0 Å². The monoisotopic (exact) mass is 282 g/mol. The lowest BCUT2D eigenvalue weighted by atomic mass is 10.2. The SMILES string of the molecule is COc1ccc(COc2cn[nH]c2)c(Br)c1. The van der Waals surface area contributed by atoms with E-state index in [1.54, 1.807) is 19.5 Å². The average Bonchev–Trinajstić information content (AvgIpc) is 2.80. The zero-order valence-electron chi connectivity index (χ0n) is 8.74. The summed E-state index contributed by atoms with van der Waals surface area (Å²) in [5, 5.41) is 6.49. The molecule has 1 aromatic carbocycles. The van der Waals surface area contributed by atoms with Gasteiger partial charge >= 0.3 is 0 Å². The zero-order chi connectivity index (χ0) is 11.4. The van der Waals surface area contributed by atoms with Gasteiger partial charge < -0.3 is 9.47 Å². The van der Waals surface area contributed by atoms with E-state index in [0.717, 1.165) is 21.5 Å². The van der Waals surface area contributed by atoms with Crippen LogP contribution in [0.1, 0.15) is 5.56 Å². The summed E-state index contributed by atoms with van der Waals surface area (Å²) in [7, 11) is 1.64. The Morgan fingerprint density at radius 2 is 2.25 bits per heavy atom. The van der Waals surface area contributed by atoms with Crippen LogP contribution in [0.4, 0.5) is 0 Å². The molecule has 1 N–H and O–H groups in total. The van der Waals surface area contributed by atoms with Gasteiger partial charge in [0.1, 0.15) is 12.4 Å². The number of rotatable bonds is 4. The quantitative estimate of drug-likeness (QED) is 0.938. The highest BCUT2D eigenvalue weighted by molar-refractivity contribution is 9.10. The Hall–Kier alpha value is -1.49. The van der Waals surface area contributed by atoms with E-state index >= 15 is 0 Å². The second kappa shape index (κ2) is 5.03. The highest BCUT2D eigenvalue weighted by Crippen LogP contribution is 2.24. The molecular weight excluding hydrogens is 272 g/mol. The van der Waals surface area contributed by atoms with Crippen LogP contribution in [0.2, 0.25) is 0 Å². The fourth-order valence-electron chi connectivity index (χ4n) is 1.25. The first-order valence-electron chi connectivity index (χ1n) is 4.73. The minimum Gasteiger partial charge on any atom is -0.497 e. The number of methoxy groups -OCH3 is 1. The van der Waals surface area contributed by atoms with Crippen LogP contribution < -0.4 is 9.47 Å². The molecule has 2 aromatic rings. The Morgan fingerprint density at radius 3 is 2.88 bits per heavy atom. The third kappa shape index (κ3) is 2.55. The Kier molecular flexibility index (Phi) is 3.46. The average molecular weight is 283 g/mol. The van der Waals surface area contributed by atoms with E-state index in [0.29, 0.717) is 6.61 Å². The molecule has 1 heterocycles. The number of aromatic amines is 1. The molecule has 0 fully saturated rings. The standard InChI is InChI=1S/C11H11BrN2O2/c1-15-9-3-2-8(11(12)4-9)7-16-10-5-13-14-6-10/h2-6H,7H2,1H3,(H,13,14). The van der Waals surface area contributed by atoms with Gasteiger partial charge in [-0.25, -0.2) is 0 Å². The molecule has 0 aliphatic carbocycles. The third-order valence-electron chi connectivity index (χ3n) is 2.13. The highest BCUT2D eigenvalue weighted by Gasteiger charge is 2.03. The van der Waals surface area contributed by atoms with Gasteiger partial charge in [-0.05, 0) is 12.1 Å². The smallest absolute Gasteiger partial charge is 0.157 e. The largest absolute Gasteiger partial charge is 0.497 e. The molecule has 0 unspecified atom stereocenters. The van der Waals surface area contributed by atoms with Crippen molar-refractivity contribution < 1.29 is 9.47 Å². The normalized spacial score (nSPS) is 10.1. The number of aromatic nitrogens is 2. The van der Waals surface area contributed by atoms with Crippen molar-refractivity contribution in [1.29, 1.82) is 0 Å². The molecule has 0 aliphatic heterocycles. The maximum atomic E-state index is 5.52. The van der Waals surface area contributed by atoms with Crippen LogP contribution in [-0.4, -0.2) is 17.3 Å². The third-order valence-corrected chi connectivity index (χ3v) is 2.87. The topological polar surface area (TPSA) is 47.1 Å². The van der Waals surface area contributed by atoms with Gasteiger partial charge in [0.15, 0.2) is 5.75 Å². The summed E-state index contributed by atoms with van der Waals surface area (Å²) in [5.41, 5.74) is 1.06. The van der Waals surface area contributed by atoms with E-state index in [-0.39, 0.29) is 0 Å². The van der Waals surface area contributed by atoms with E-state index in [1.165, 1.54) is 0 Å². The van der Waals surface area contributed by atoms with Gasteiger partial charge in [0.05, 0.1) is 19.5 Å². The molecule has 2 rings (SSSR count). The minimum atomic E-state index is 0.490. The summed E-state index contributed by atoms with van der Waals surface area (Å²) in [6.45, 7) is 0.490. The lowest BCUT2D eigenvalue weighted by Gasteiger charge is -2.07. The maximum Gasteiger partial charge on any atom is 0.157 e. The van der Waals surface area contributed by atoms with Crippen molar-refractivity contribution in [3.8, 4) is 11.5 Å². The van der Waals surface area contributed by atoms with Crippen LogP contribution in [0.3, 0.4) is 0 Å². The highest BCUT2D eigenvalue weighted by atomic mass is 79.9. The van der Waals surface area contributed by atoms with E-state index in [9.17, 15) is 0 Å². The van der Waals surface area contributed by atoms with Gasteiger partial charge in [0.25, 0.3) is 0 Å². The number of benzene rings is 1. The number of nitrogens with zero attached hydrogens (tertiary/aromatic N) is 1. The zero-order valence-corrected chi connectivity index (χ0v) is 10.3. The number of nitrogens with one attached hydrogen (secondary N) is 1. The van der Waals surface area contributed by atoms with Crippen molar-refractivity contribution in [1.82, 2.24) is 10.2 Å².